The lowest BCUT2D eigenvalue weighted by atomic mass is 9.98. The molecule has 24 heavy (non-hydrogen) atoms. The smallest absolute Gasteiger partial charge is 0.318 e. The zero-order chi connectivity index (χ0) is 17.3. The van der Waals surface area contributed by atoms with Gasteiger partial charge in [0, 0.05) is 23.0 Å². The average Bonchev–Trinajstić information content (AvgIpc) is 2.80. The zero-order valence-corrected chi connectivity index (χ0v) is 13.4. The quantitative estimate of drug-likeness (QED) is 0.674. The summed E-state index contributed by atoms with van der Waals surface area (Å²) in [5, 5.41) is 3.07. The number of urea groups is 1. The van der Waals surface area contributed by atoms with Gasteiger partial charge in [0.1, 0.15) is 0 Å². The molecular formula is C16H13ClN4O3. The van der Waals surface area contributed by atoms with Gasteiger partial charge in [-0.15, -0.1) is 0 Å². The molecule has 0 radical (unpaired) electrons. The number of rotatable bonds is 4. The fourth-order valence-electron chi connectivity index (χ4n) is 2.44. The van der Waals surface area contributed by atoms with Crippen molar-refractivity contribution in [1.82, 2.24) is 20.2 Å². The predicted molar refractivity (Wildman–Crippen MR) is 85.4 cm³/mol. The Kier molecular flexibility index (Phi) is 4.02. The summed E-state index contributed by atoms with van der Waals surface area (Å²) in [6.07, 6.45) is 4.31. The van der Waals surface area contributed by atoms with Gasteiger partial charge in [-0.05, 0) is 31.2 Å². The summed E-state index contributed by atoms with van der Waals surface area (Å²) < 4.78 is 0. The maximum absolute atomic E-state index is 12.7. The van der Waals surface area contributed by atoms with Crippen LogP contribution in [0.2, 0.25) is 5.02 Å². The number of carbonyl (C=O) groups is 3. The number of aromatic nitrogens is 2. The van der Waals surface area contributed by atoms with Crippen LogP contribution in [0.25, 0.3) is 0 Å². The standard InChI is InChI=1S/C16H13ClN4O3/c1-16(13-8-18-6-7-19-13)14(23)21(15(24)20-16)9-12(22)10-2-4-11(17)5-3-10/h2-8H,9H2,1H3,(H,20,24)/t16-/m0/s1. The molecule has 0 bridgehead atoms. The van der Waals surface area contributed by atoms with Crippen molar-refractivity contribution in [2.24, 2.45) is 0 Å². The van der Waals surface area contributed by atoms with E-state index in [0.717, 1.165) is 4.90 Å². The van der Waals surface area contributed by atoms with Crippen molar-refractivity contribution in [3.05, 3.63) is 59.1 Å². The highest BCUT2D eigenvalue weighted by Crippen LogP contribution is 2.27. The number of imide groups is 1. The van der Waals surface area contributed by atoms with Crippen LogP contribution in [-0.4, -0.2) is 39.1 Å². The molecule has 2 aromatic rings. The number of nitrogens with zero attached hydrogens (tertiary/aromatic N) is 3. The van der Waals surface area contributed by atoms with Gasteiger partial charge in [-0.1, -0.05) is 11.6 Å². The molecule has 1 atom stereocenters. The lowest BCUT2D eigenvalue weighted by molar-refractivity contribution is -0.130. The summed E-state index contributed by atoms with van der Waals surface area (Å²) in [6, 6.07) is 5.60. The molecule has 1 aliphatic rings. The van der Waals surface area contributed by atoms with Gasteiger partial charge in [0.15, 0.2) is 11.3 Å². The highest BCUT2D eigenvalue weighted by atomic mass is 35.5. The Morgan fingerprint density at radius 3 is 2.58 bits per heavy atom. The van der Waals surface area contributed by atoms with Crippen molar-refractivity contribution >= 4 is 29.3 Å². The highest BCUT2D eigenvalue weighted by molar-refractivity contribution is 6.30. The molecule has 1 aromatic carbocycles. The highest BCUT2D eigenvalue weighted by Gasteiger charge is 2.50. The first-order valence-corrected chi connectivity index (χ1v) is 7.49. The molecule has 1 aliphatic heterocycles. The molecule has 3 amide bonds. The number of benzene rings is 1. The zero-order valence-electron chi connectivity index (χ0n) is 12.7. The van der Waals surface area contributed by atoms with Crippen molar-refractivity contribution in [3.8, 4) is 0 Å². The molecule has 1 fully saturated rings. The van der Waals surface area contributed by atoms with Gasteiger partial charge in [-0.25, -0.2) is 4.79 Å². The summed E-state index contributed by atoms with van der Waals surface area (Å²) in [6.45, 7) is 1.17. The Morgan fingerprint density at radius 1 is 1.25 bits per heavy atom. The van der Waals surface area contributed by atoms with Crippen molar-refractivity contribution in [2.75, 3.05) is 6.54 Å². The van der Waals surface area contributed by atoms with Crippen LogP contribution in [0, 0.1) is 0 Å². The molecule has 1 saturated heterocycles. The fourth-order valence-corrected chi connectivity index (χ4v) is 2.57. The Balaban J connectivity index is 1.82. The predicted octanol–water partition coefficient (Wildman–Crippen LogP) is 1.78. The largest absolute Gasteiger partial charge is 0.325 e. The minimum atomic E-state index is -1.34. The topological polar surface area (TPSA) is 92.3 Å². The van der Waals surface area contributed by atoms with E-state index in [4.69, 9.17) is 11.6 Å². The number of halogens is 1. The van der Waals surface area contributed by atoms with Crippen LogP contribution in [0.1, 0.15) is 23.0 Å². The molecule has 3 rings (SSSR count). The molecule has 1 N–H and O–H groups in total. The van der Waals surface area contributed by atoms with Gasteiger partial charge in [-0.2, -0.15) is 0 Å². The Bertz CT molecular complexity index is 810. The summed E-state index contributed by atoms with van der Waals surface area (Å²) in [5.74, 6) is -0.908. The Hall–Kier alpha value is -2.80. The summed E-state index contributed by atoms with van der Waals surface area (Å²) >= 11 is 5.79. The number of Topliss-reactive ketones (excluding diaryl/α,β-unsaturated/α-hetero) is 1. The second-order valence-electron chi connectivity index (χ2n) is 5.47. The molecule has 0 saturated carbocycles. The van der Waals surface area contributed by atoms with Crippen molar-refractivity contribution in [3.63, 3.8) is 0 Å². The van der Waals surface area contributed by atoms with Crippen LogP contribution in [0.4, 0.5) is 4.79 Å². The van der Waals surface area contributed by atoms with Crippen LogP contribution in [0.15, 0.2) is 42.9 Å². The van der Waals surface area contributed by atoms with Crippen molar-refractivity contribution in [2.45, 2.75) is 12.5 Å². The maximum Gasteiger partial charge on any atom is 0.325 e. The molecule has 1 aromatic heterocycles. The molecule has 0 aliphatic carbocycles. The van der Waals surface area contributed by atoms with E-state index in [-0.39, 0.29) is 12.3 Å². The fraction of sp³-hybridized carbons (Fsp3) is 0.188. The first-order chi connectivity index (χ1) is 11.4. The van der Waals surface area contributed by atoms with E-state index in [1.807, 2.05) is 0 Å². The van der Waals surface area contributed by atoms with E-state index in [1.165, 1.54) is 25.5 Å². The van der Waals surface area contributed by atoms with E-state index in [0.29, 0.717) is 16.3 Å². The lowest BCUT2D eigenvalue weighted by Gasteiger charge is -2.20. The normalized spacial score (nSPS) is 20.2. The first kappa shape index (κ1) is 16.1. The van der Waals surface area contributed by atoms with E-state index < -0.39 is 17.5 Å². The third-order valence-corrected chi connectivity index (χ3v) is 4.07. The number of hydrogen-bond acceptors (Lipinski definition) is 5. The number of amides is 3. The van der Waals surface area contributed by atoms with E-state index in [1.54, 1.807) is 24.3 Å². The van der Waals surface area contributed by atoms with Crippen molar-refractivity contribution in [1.29, 1.82) is 0 Å². The summed E-state index contributed by atoms with van der Waals surface area (Å²) in [7, 11) is 0. The number of ketones is 1. The minimum Gasteiger partial charge on any atom is -0.318 e. The minimum absolute atomic E-state index is 0.310. The molecule has 2 heterocycles. The molecule has 122 valence electrons. The maximum atomic E-state index is 12.7. The van der Waals surface area contributed by atoms with Gasteiger partial charge < -0.3 is 5.32 Å². The molecule has 0 unspecified atom stereocenters. The van der Waals surface area contributed by atoms with E-state index >= 15 is 0 Å². The molecule has 8 heteroatoms. The van der Waals surface area contributed by atoms with Crippen LogP contribution >= 0.6 is 11.6 Å². The van der Waals surface area contributed by atoms with Gasteiger partial charge in [0.25, 0.3) is 5.91 Å². The Morgan fingerprint density at radius 2 is 1.96 bits per heavy atom. The van der Waals surface area contributed by atoms with Crippen LogP contribution in [-0.2, 0) is 10.3 Å². The van der Waals surface area contributed by atoms with Crippen LogP contribution in [0.3, 0.4) is 0 Å². The first-order valence-electron chi connectivity index (χ1n) is 7.11. The molecule has 7 nitrogen and oxygen atoms in total. The van der Waals surface area contributed by atoms with Gasteiger partial charge in [0.2, 0.25) is 0 Å². The number of hydrogen-bond donors (Lipinski definition) is 1. The second kappa shape index (κ2) is 6.01. The molecule has 0 spiro atoms. The third kappa shape index (κ3) is 2.74. The SMILES string of the molecule is C[C@@]1(c2cnccn2)NC(=O)N(CC(=O)c2ccc(Cl)cc2)C1=O. The lowest BCUT2D eigenvalue weighted by Crippen LogP contribution is -2.42. The number of nitrogens with one attached hydrogen (secondary N) is 1. The van der Waals surface area contributed by atoms with E-state index in [9.17, 15) is 14.4 Å². The number of carbonyl (C=O) groups excluding carboxylic acids is 3. The van der Waals surface area contributed by atoms with Gasteiger partial charge >= 0.3 is 6.03 Å². The van der Waals surface area contributed by atoms with Crippen LogP contribution in [0.5, 0.6) is 0 Å². The Labute approximate surface area is 142 Å². The third-order valence-electron chi connectivity index (χ3n) is 3.82. The van der Waals surface area contributed by atoms with E-state index in [2.05, 4.69) is 15.3 Å². The monoisotopic (exact) mass is 344 g/mol. The average molecular weight is 345 g/mol. The van der Waals surface area contributed by atoms with Gasteiger partial charge in [-0.3, -0.25) is 24.5 Å². The van der Waals surface area contributed by atoms with Crippen LogP contribution < -0.4 is 5.32 Å². The second-order valence-corrected chi connectivity index (χ2v) is 5.90. The van der Waals surface area contributed by atoms with Crippen molar-refractivity contribution < 1.29 is 14.4 Å². The summed E-state index contributed by atoms with van der Waals surface area (Å²) in [5.41, 5.74) is -0.663. The summed E-state index contributed by atoms with van der Waals surface area (Å²) in [4.78, 5) is 46.0. The molecular weight excluding hydrogens is 332 g/mol. The van der Waals surface area contributed by atoms with Gasteiger partial charge in [0.05, 0.1) is 18.4 Å².